The van der Waals surface area contributed by atoms with Crippen molar-refractivity contribution in [1.29, 1.82) is 0 Å². The summed E-state index contributed by atoms with van der Waals surface area (Å²) in [7, 11) is 0. The number of carbonyl (C=O) groups is 1. The van der Waals surface area contributed by atoms with Gasteiger partial charge in [0, 0.05) is 6.07 Å². The number of benzene rings is 1. The van der Waals surface area contributed by atoms with Crippen molar-refractivity contribution in [1.82, 2.24) is 0 Å². The number of rotatable bonds is 1. The molecule has 0 atom stereocenters. The highest BCUT2D eigenvalue weighted by Crippen LogP contribution is 2.17. The Kier molecular flexibility index (Phi) is 2.92. The maximum Gasteiger partial charge on any atom is 0.285 e. The van der Waals surface area contributed by atoms with E-state index in [4.69, 9.17) is 0 Å². The minimum Gasteiger partial charge on any atom is -0.289 e. The third-order valence-corrected chi connectivity index (χ3v) is 1.42. The van der Waals surface area contributed by atoms with Gasteiger partial charge in [-0.05, 0) is 18.1 Å². The molecule has 0 radical (unpaired) electrons. The van der Waals surface area contributed by atoms with Crippen LogP contribution >= 0.6 is 0 Å². The molecule has 0 aromatic heterocycles. The molecule has 0 saturated carbocycles. The molecule has 0 spiro atoms. The summed E-state index contributed by atoms with van der Waals surface area (Å²) in [5.74, 6) is 3.54. The Morgan fingerprint density at radius 2 is 2.21 bits per heavy atom. The van der Waals surface area contributed by atoms with Gasteiger partial charge in [-0.15, -0.1) is 0 Å². The molecule has 0 bridgehead atoms. The zero-order valence-corrected chi connectivity index (χ0v) is 6.86. The van der Waals surface area contributed by atoms with Crippen molar-refractivity contribution < 1.29 is 14.1 Å². The summed E-state index contributed by atoms with van der Waals surface area (Å²) in [6.07, 6.45) is 0.286. The zero-order chi connectivity index (χ0) is 10.6. The Labute approximate surface area is 78.5 Å². The molecule has 0 unspecified atom stereocenters. The summed E-state index contributed by atoms with van der Waals surface area (Å²) in [6.45, 7) is 0. The highest BCUT2D eigenvalue weighted by Gasteiger charge is 2.11. The summed E-state index contributed by atoms with van der Waals surface area (Å²) in [5, 5.41) is 10.4. The molecule has 4 nitrogen and oxygen atoms in total. The lowest BCUT2D eigenvalue weighted by Gasteiger charge is -1.94. The van der Waals surface area contributed by atoms with E-state index in [-0.39, 0.29) is 17.5 Å². The fourth-order valence-electron chi connectivity index (χ4n) is 0.875. The van der Waals surface area contributed by atoms with Gasteiger partial charge in [-0.2, -0.15) is 0 Å². The highest BCUT2D eigenvalue weighted by molar-refractivity contribution is 5.74. The minimum atomic E-state index is -0.686. The number of nitrogens with zero attached hydrogens (tertiary/aromatic N) is 1. The summed E-state index contributed by atoms with van der Waals surface area (Å²) < 4.78 is 12.7. The van der Waals surface area contributed by atoms with Gasteiger partial charge in [0.05, 0.1) is 4.92 Å². The molecule has 0 aliphatic rings. The van der Waals surface area contributed by atoms with Crippen molar-refractivity contribution in [3.63, 3.8) is 0 Å². The first kappa shape index (κ1) is 9.86. The van der Waals surface area contributed by atoms with Gasteiger partial charge in [-0.1, -0.05) is 5.92 Å². The summed E-state index contributed by atoms with van der Waals surface area (Å²) >= 11 is 0. The van der Waals surface area contributed by atoms with E-state index >= 15 is 0 Å². The van der Waals surface area contributed by atoms with E-state index in [1.54, 1.807) is 0 Å². The second kappa shape index (κ2) is 4.14. The van der Waals surface area contributed by atoms with Gasteiger partial charge in [0.15, 0.2) is 6.29 Å². The van der Waals surface area contributed by atoms with Gasteiger partial charge in [0.1, 0.15) is 11.4 Å². The topological polar surface area (TPSA) is 60.2 Å². The van der Waals surface area contributed by atoms with E-state index in [1.807, 2.05) is 5.92 Å². The number of nitro groups is 1. The predicted molar refractivity (Wildman–Crippen MR) is 46.0 cm³/mol. The van der Waals surface area contributed by atoms with E-state index in [0.717, 1.165) is 18.2 Å². The Morgan fingerprint density at radius 3 is 2.79 bits per heavy atom. The molecule has 0 saturated heterocycles. The molecular formula is C9H4FNO3. The first-order chi connectivity index (χ1) is 6.65. The lowest BCUT2D eigenvalue weighted by atomic mass is 10.2. The van der Waals surface area contributed by atoms with Crippen molar-refractivity contribution in [2.75, 3.05) is 0 Å². The maximum absolute atomic E-state index is 12.7. The molecule has 1 aromatic carbocycles. The summed E-state index contributed by atoms with van der Waals surface area (Å²) in [6, 6.07) is 2.88. The Morgan fingerprint density at radius 1 is 1.50 bits per heavy atom. The number of halogens is 1. The lowest BCUT2D eigenvalue weighted by molar-refractivity contribution is -0.385. The van der Waals surface area contributed by atoms with Crippen LogP contribution in [0.15, 0.2) is 18.2 Å². The van der Waals surface area contributed by atoms with Gasteiger partial charge >= 0.3 is 0 Å². The maximum atomic E-state index is 12.7. The van der Waals surface area contributed by atoms with Crippen LogP contribution in [0.5, 0.6) is 0 Å². The largest absolute Gasteiger partial charge is 0.289 e. The van der Waals surface area contributed by atoms with Crippen molar-refractivity contribution in [2.45, 2.75) is 0 Å². The Hall–Kier alpha value is -2.22. The van der Waals surface area contributed by atoms with Crippen LogP contribution < -0.4 is 0 Å². The van der Waals surface area contributed by atoms with E-state index in [0.29, 0.717) is 0 Å². The van der Waals surface area contributed by atoms with Gasteiger partial charge in [0.2, 0.25) is 0 Å². The average Bonchev–Trinajstić information content (AvgIpc) is 2.14. The van der Waals surface area contributed by atoms with Crippen molar-refractivity contribution >= 4 is 12.0 Å². The molecule has 0 fully saturated rings. The van der Waals surface area contributed by atoms with Crippen LogP contribution in [0.1, 0.15) is 5.56 Å². The van der Waals surface area contributed by atoms with E-state index in [1.165, 1.54) is 0 Å². The van der Waals surface area contributed by atoms with Crippen LogP contribution in [0.25, 0.3) is 0 Å². The second-order valence-electron chi connectivity index (χ2n) is 2.31. The minimum absolute atomic E-state index is 0.109. The van der Waals surface area contributed by atoms with Crippen LogP contribution in [-0.4, -0.2) is 11.2 Å². The first-order valence-electron chi connectivity index (χ1n) is 3.54. The smallest absolute Gasteiger partial charge is 0.285 e. The van der Waals surface area contributed by atoms with Gasteiger partial charge in [-0.25, -0.2) is 4.39 Å². The average molecular weight is 193 g/mol. The molecule has 1 aromatic rings. The molecule has 5 heteroatoms. The summed E-state index contributed by atoms with van der Waals surface area (Å²) in [4.78, 5) is 19.6. The third-order valence-electron chi connectivity index (χ3n) is 1.42. The predicted octanol–water partition coefficient (Wildman–Crippen LogP) is 1.28. The number of carbonyl (C=O) groups excluding carboxylic acids is 1. The summed E-state index contributed by atoms with van der Waals surface area (Å²) in [5.41, 5.74) is -0.428. The molecule has 0 aliphatic heterocycles. The van der Waals surface area contributed by atoms with E-state index in [9.17, 15) is 19.3 Å². The molecule has 0 N–H and O–H groups in total. The number of nitro benzene ring substituents is 1. The van der Waals surface area contributed by atoms with Gasteiger partial charge < -0.3 is 0 Å². The van der Waals surface area contributed by atoms with Crippen molar-refractivity contribution in [3.8, 4) is 11.8 Å². The Bertz CT molecular complexity index is 445. The van der Waals surface area contributed by atoms with E-state index in [2.05, 4.69) is 5.92 Å². The first-order valence-corrected chi connectivity index (χ1v) is 3.54. The van der Waals surface area contributed by atoms with Crippen molar-refractivity contribution in [3.05, 3.63) is 39.7 Å². The third kappa shape index (κ3) is 2.14. The highest BCUT2D eigenvalue weighted by atomic mass is 19.1. The number of aldehydes is 1. The molecule has 14 heavy (non-hydrogen) atoms. The number of hydrogen-bond donors (Lipinski definition) is 0. The molecular weight excluding hydrogens is 189 g/mol. The van der Waals surface area contributed by atoms with Crippen LogP contribution in [0, 0.1) is 27.8 Å². The SMILES string of the molecule is O=CC#Cc1cc(F)ccc1[N+](=O)[O-]. The molecule has 1 rings (SSSR count). The van der Waals surface area contributed by atoms with Gasteiger partial charge in [0.25, 0.3) is 5.69 Å². The van der Waals surface area contributed by atoms with Gasteiger partial charge in [-0.3, -0.25) is 14.9 Å². The molecule has 0 aliphatic carbocycles. The normalized spacial score (nSPS) is 8.64. The monoisotopic (exact) mass is 193 g/mol. The van der Waals surface area contributed by atoms with Crippen LogP contribution in [0.4, 0.5) is 10.1 Å². The standard InChI is InChI=1S/C9H4FNO3/c10-8-3-4-9(11(13)14)7(6-8)2-1-5-12/h3-6H. The Balaban J connectivity index is 3.29. The molecule has 70 valence electrons. The molecule has 0 heterocycles. The fourth-order valence-corrected chi connectivity index (χ4v) is 0.875. The van der Waals surface area contributed by atoms with Crippen LogP contribution in [-0.2, 0) is 4.79 Å². The molecule has 0 amide bonds. The zero-order valence-electron chi connectivity index (χ0n) is 6.86. The van der Waals surface area contributed by atoms with Crippen molar-refractivity contribution in [2.24, 2.45) is 0 Å². The van der Waals surface area contributed by atoms with E-state index < -0.39 is 10.7 Å². The number of hydrogen-bond acceptors (Lipinski definition) is 3. The quantitative estimate of drug-likeness (QED) is 0.292. The second-order valence-corrected chi connectivity index (χ2v) is 2.31. The van der Waals surface area contributed by atoms with Crippen LogP contribution in [0.2, 0.25) is 0 Å². The lowest BCUT2D eigenvalue weighted by Crippen LogP contribution is -1.92. The van der Waals surface area contributed by atoms with Crippen LogP contribution in [0.3, 0.4) is 0 Å². The fraction of sp³-hybridized carbons (Fsp3) is 0.